The van der Waals surface area contributed by atoms with Crippen LogP contribution >= 0.6 is 0 Å². The predicted molar refractivity (Wildman–Crippen MR) is 57.6 cm³/mol. The first kappa shape index (κ1) is 11.1. The van der Waals surface area contributed by atoms with E-state index in [2.05, 4.69) is 0 Å². The Balaban J connectivity index is 2.10. The first-order valence-corrected chi connectivity index (χ1v) is 5.23. The van der Waals surface area contributed by atoms with E-state index in [0.717, 1.165) is 0 Å². The van der Waals surface area contributed by atoms with Crippen LogP contribution in [-0.4, -0.2) is 31.9 Å². The van der Waals surface area contributed by atoms with Crippen molar-refractivity contribution in [2.24, 2.45) is 0 Å². The third-order valence-electron chi connectivity index (χ3n) is 2.31. The van der Waals surface area contributed by atoms with Crippen molar-refractivity contribution in [2.45, 2.75) is 13.2 Å². The van der Waals surface area contributed by atoms with Gasteiger partial charge < -0.3 is 14.2 Å². The molecule has 1 aromatic carbocycles. The number of hydrogen-bond donors (Lipinski definition) is 0. The molecule has 1 atom stereocenters. The molecule has 0 N–H and O–H groups in total. The van der Waals surface area contributed by atoms with Crippen molar-refractivity contribution in [3.8, 4) is 5.75 Å². The van der Waals surface area contributed by atoms with Crippen molar-refractivity contribution in [1.82, 2.24) is 0 Å². The average molecular weight is 222 g/mol. The van der Waals surface area contributed by atoms with E-state index < -0.39 is 6.29 Å². The number of hydrogen-bond acceptors (Lipinski definition) is 4. The van der Waals surface area contributed by atoms with Crippen LogP contribution in [0.5, 0.6) is 5.75 Å². The minimum Gasteiger partial charge on any atom is -0.462 e. The summed E-state index contributed by atoms with van der Waals surface area (Å²) < 4.78 is 16.2. The van der Waals surface area contributed by atoms with Gasteiger partial charge in [-0.2, -0.15) is 0 Å². The van der Waals surface area contributed by atoms with Crippen LogP contribution in [0.4, 0.5) is 0 Å². The molecule has 4 heteroatoms. The Kier molecular flexibility index (Phi) is 3.54. The van der Waals surface area contributed by atoms with Crippen LogP contribution in [-0.2, 0) is 9.47 Å². The van der Waals surface area contributed by atoms with E-state index in [9.17, 15) is 4.79 Å². The fourth-order valence-electron chi connectivity index (χ4n) is 1.54. The zero-order valence-corrected chi connectivity index (χ0v) is 9.14. The minimum absolute atomic E-state index is 0.0210. The van der Waals surface area contributed by atoms with Gasteiger partial charge in [-0.3, -0.25) is 4.79 Å². The summed E-state index contributed by atoms with van der Waals surface area (Å²) in [6.45, 7) is 3.02. The zero-order chi connectivity index (χ0) is 11.4. The van der Waals surface area contributed by atoms with Gasteiger partial charge in [0.15, 0.2) is 5.78 Å². The highest BCUT2D eigenvalue weighted by atomic mass is 16.7. The van der Waals surface area contributed by atoms with Crippen molar-refractivity contribution < 1.29 is 19.0 Å². The minimum atomic E-state index is -0.422. The second-order valence-electron chi connectivity index (χ2n) is 3.55. The molecule has 0 unspecified atom stereocenters. The lowest BCUT2D eigenvalue weighted by Crippen LogP contribution is -2.33. The van der Waals surface area contributed by atoms with Crippen LogP contribution in [0.3, 0.4) is 0 Å². The SMILES string of the molecule is CC(=O)c1ccccc1O[C@@H]1COCCO1. The highest BCUT2D eigenvalue weighted by Gasteiger charge is 2.18. The molecular formula is C12H14O4. The molecule has 2 rings (SSSR count). The molecule has 1 heterocycles. The molecule has 1 fully saturated rings. The number of Topliss-reactive ketones (excluding diaryl/α,β-unsaturated/α-hetero) is 1. The summed E-state index contributed by atoms with van der Waals surface area (Å²) in [5, 5.41) is 0. The van der Waals surface area contributed by atoms with E-state index in [1.165, 1.54) is 6.92 Å². The number of carbonyl (C=O) groups excluding carboxylic acids is 1. The van der Waals surface area contributed by atoms with E-state index in [-0.39, 0.29) is 5.78 Å². The van der Waals surface area contributed by atoms with Crippen molar-refractivity contribution >= 4 is 5.78 Å². The molecule has 0 radical (unpaired) electrons. The Bertz CT molecular complexity index is 369. The maximum atomic E-state index is 11.4. The van der Waals surface area contributed by atoms with Crippen molar-refractivity contribution in [2.75, 3.05) is 19.8 Å². The van der Waals surface area contributed by atoms with Gasteiger partial charge >= 0.3 is 0 Å². The summed E-state index contributed by atoms with van der Waals surface area (Å²) in [6.07, 6.45) is -0.422. The van der Waals surface area contributed by atoms with E-state index in [0.29, 0.717) is 31.1 Å². The molecular weight excluding hydrogens is 208 g/mol. The highest BCUT2D eigenvalue weighted by Crippen LogP contribution is 2.20. The summed E-state index contributed by atoms with van der Waals surface area (Å²) >= 11 is 0. The third-order valence-corrected chi connectivity index (χ3v) is 2.31. The van der Waals surface area contributed by atoms with E-state index in [1.54, 1.807) is 12.1 Å². The molecule has 4 nitrogen and oxygen atoms in total. The molecule has 1 saturated heterocycles. The Labute approximate surface area is 94.1 Å². The molecule has 0 spiro atoms. The van der Waals surface area contributed by atoms with E-state index in [1.807, 2.05) is 12.1 Å². The number of ketones is 1. The van der Waals surface area contributed by atoms with Crippen LogP contribution in [0.1, 0.15) is 17.3 Å². The van der Waals surface area contributed by atoms with Gasteiger partial charge in [0.1, 0.15) is 12.4 Å². The van der Waals surface area contributed by atoms with Crippen molar-refractivity contribution in [3.05, 3.63) is 29.8 Å². The van der Waals surface area contributed by atoms with Crippen LogP contribution in [0, 0.1) is 0 Å². The van der Waals surface area contributed by atoms with Crippen LogP contribution < -0.4 is 4.74 Å². The maximum absolute atomic E-state index is 11.4. The lowest BCUT2D eigenvalue weighted by Gasteiger charge is -2.24. The smallest absolute Gasteiger partial charge is 0.223 e. The monoisotopic (exact) mass is 222 g/mol. The lowest BCUT2D eigenvalue weighted by molar-refractivity contribution is -0.171. The molecule has 86 valence electrons. The van der Waals surface area contributed by atoms with Gasteiger partial charge in [-0.25, -0.2) is 0 Å². The fraction of sp³-hybridized carbons (Fsp3) is 0.417. The fourth-order valence-corrected chi connectivity index (χ4v) is 1.54. The number of para-hydroxylation sites is 1. The van der Waals surface area contributed by atoms with Crippen LogP contribution in [0.15, 0.2) is 24.3 Å². The van der Waals surface area contributed by atoms with Crippen molar-refractivity contribution in [1.29, 1.82) is 0 Å². The number of benzene rings is 1. The maximum Gasteiger partial charge on any atom is 0.223 e. The summed E-state index contributed by atoms with van der Waals surface area (Å²) in [4.78, 5) is 11.4. The standard InChI is InChI=1S/C12H14O4/c1-9(13)10-4-2-3-5-11(10)16-12-8-14-6-7-15-12/h2-5,12H,6-8H2,1H3/t12-/m1/s1. The molecule has 0 saturated carbocycles. The summed E-state index contributed by atoms with van der Waals surface area (Å²) in [6, 6.07) is 7.13. The molecule has 1 aliphatic heterocycles. The highest BCUT2D eigenvalue weighted by molar-refractivity contribution is 5.96. The van der Waals surface area contributed by atoms with Gasteiger partial charge in [0.05, 0.1) is 18.8 Å². The molecule has 0 amide bonds. The molecule has 16 heavy (non-hydrogen) atoms. The van der Waals surface area contributed by atoms with Crippen LogP contribution in [0.2, 0.25) is 0 Å². The lowest BCUT2D eigenvalue weighted by atomic mass is 10.1. The normalized spacial score (nSPS) is 20.4. The Morgan fingerprint density at radius 2 is 2.19 bits per heavy atom. The molecule has 0 aromatic heterocycles. The van der Waals surface area contributed by atoms with E-state index in [4.69, 9.17) is 14.2 Å². The predicted octanol–water partition coefficient (Wildman–Crippen LogP) is 1.64. The van der Waals surface area contributed by atoms with Gasteiger partial charge in [0.2, 0.25) is 6.29 Å². The average Bonchev–Trinajstić information content (AvgIpc) is 2.31. The van der Waals surface area contributed by atoms with Gasteiger partial charge in [0, 0.05) is 0 Å². The zero-order valence-electron chi connectivity index (χ0n) is 9.14. The molecule has 0 bridgehead atoms. The largest absolute Gasteiger partial charge is 0.462 e. The second kappa shape index (κ2) is 5.09. The summed E-state index contributed by atoms with van der Waals surface area (Å²) in [5.74, 6) is 0.526. The molecule has 1 aliphatic rings. The third kappa shape index (κ3) is 2.59. The molecule has 1 aromatic rings. The number of rotatable bonds is 3. The Morgan fingerprint density at radius 3 is 2.88 bits per heavy atom. The van der Waals surface area contributed by atoms with Gasteiger partial charge in [-0.1, -0.05) is 12.1 Å². The number of ether oxygens (including phenoxy) is 3. The van der Waals surface area contributed by atoms with Crippen molar-refractivity contribution in [3.63, 3.8) is 0 Å². The van der Waals surface area contributed by atoms with Crippen LogP contribution in [0.25, 0.3) is 0 Å². The quantitative estimate of drug-likeness (QED) is 0.729. The van der Waals surface area contributed by atoms with Gasteiger partial charge in [0.25, 0.3) is 0 Å². The topological polar surface area (TPSA) is 44.8 Å². The Morgan fingerprint density at radius 1 is 1.38 bits per heavy atom. The number of carbonyl (C=O) groups is 1. The summed E-state index contributed by atoms with van der Waals surface area (Å²) in [5.41, 5.74) is 0.566. The first-order chi connectivity index (χ1) is 7.77. The first-order valence-electron chi connectivity index (χ1n) is 5.23. The molecule has 0 aliphatic carbocycles. The van der Waals surface area contributed by atoms with Gasteiger partial charge in [-0.05, 0) is 19.1 Å². The van der Waals surface area contributed by atoms with E-state index >= 15 is 0 Å². The Hall–Kier alpha value is -1.39. The van der Waals surface area contributed by atoms with Gasteiger partial charge in [-0.15, -0.1) is 0 Å². The second-order valence-corrected chi connectivity index (χ2v) is 3.55. The summed E-state index contributed by atoms with van der Waals surface area (Å²) in [7, 11) is 0.